The first-order valence-electron chi connectivity index (χ1n) is 7.27. The molecule has 0 unspecified atom stereocenters. The SMILES string of the molecule is CCCCCCCCCCCNCCNC. The average molecular weight is 228 g/mol. The van der Waals surface area contributed by atoms with Gasteiger partial charge in [-0.05, 0) is 20.0 Å². The first-order chi connectivity index (χ1) is 7.91. The highest BCUT2D eigenvalue weighted by Crippen LogP contribution is 2.08. The molecule has 0 aliphatic carbocycles. The zero-order valence-corrected chi connectivity index (χ0v) is 11.5. The Morgan fingerprint density at radius 2 is 1.19 bits per heavy atom. The van der Waals surface area contributed by atoms with Crippen LogP contribution in [0.5, 0.6) is 0 Å². The van der Waals surface area contributed by atoms with E-state index in [2.05, 4.69) is 17.6 Å². The summed E-state index contributed by atoms with van der Waals surface area (Å²) < 4.78 is 0. The molecule has 0 aromatic heterocycles. The van der Waals surface area contributed by atoms with Gasteiger partial charge in [-0.3, -0.25) is 0 Å². The monoisotopic (exact) mass is 228 g/mol. The van der Waals surface area contributed by atoms with Gasteiger partial charge in [0.25, 0.3) is 0 Å². The molecule has 2 nitrogen and oxygen atoms in total. The molecule has 0 aromatic rings. The Kier molecular flexibility index (Phi) is 14.8. The Morgan fingerprint density at radius 3 is 1.75 bits per heavy atom. The van der Waals surface area contributed by atoms with Gasteiger partial charge in [0.1, 0.15) is 0 Å². The van der Waals surface area contributed by atoms with Crippen molar-refractivity contribution in [3.05, 3.63) is 0 Å². The standard InChI is InChI=1S/C14H32N2/c1-3-4-5-6-7-8-9-10-11-12-16-14-13-15-2/h15-16H,3-14H2,1-2H3. The fourth-order valence-electron chi connectivity index (χ4n) is 1.90. The zero-order chi connectivity index (χ0) is 11.9. The maximum absolute atomic E-state index is 3.44. The topological polar surface area (TPSA) is 24.1 Å². The van der Waals surface area contributed by atoms with Gasteiger partial charge in [-0.2, -0.15) is 0 Å². The van der Waals surface area contributed by atoms with E-state index in [0.29, 0.717) is 0 Å². The Labute approximate surface area is 103 Å². The number of hydrogen-bond donors (Lipinski definition) is 2. The number of rotatable bonds is 13. The van der Waals surface area contributed by atoms with Gasteiger partial charge in [-0.1, -0.05) is 58.3 Å². The molecular weight excluding hydrogens is 196 g/mol. The lowest BCUT2D eigenvalue weighted by Crippen LogP contribution is -2.25. The Hall–Kier alpha value is -0.0800. The fourth-order valence-corrected chi connectivity index (χ4v) is 1.90. The lowest BCUT2D eigenvalue weighted by Gasteiger charge is -2.04. The van der Waals surface area contributed by atoms with E-state index in [1.165, 1.54) is 64.3 Å². The minimum Gasteiger partial charge on any atom is -0.318 e. The first kappa shape index (κ1) is 15.9. The summed E-state index contributed by atoms with van der Waals surface area (Å²) in [5.41, 5.74) is 0. The zero-order valence-electron chi connectivity index (χ0n) is 11.5. The van der Waals surface area contributed by atoms with Gasteiger partial charge in [0.05, 0.1) is 0 Å². The highest BCUT2D eigenvalue weighted by Gasteiger charge is 1.92. The maximum atomic E-state index is 3.44. The molecule has 0 rings (SSSR count). The Bertz CT molecular complexity index is 101. The molecule has 0 saturated heterocycles. The molecule has 0 bridgehead atoms. The molecule has 0 atom stereocenters. The van der Waals surface area contributed by atoms with Gasteiger partial charge in [-0.15, -0.1) is 0 Å². The van der Waals surface area contributed by atoms with Crippen molar-refractivity contribution >= 4 is 0 Å². The summed E-state index contributed by atoms with van der Waals surface area (Å²) in [7, 11) is 2.00. The Balaban J connectivity index is 2.83. The third-order valence-electron chi connectivity index (χ3n) is 3.01. The molecule has 98 valence electrons. The van der Waals surface area contributed by atoms with Crippen molar-refractivity contribution in [2.75, 3.05) is 26.7 Å². The van der Waals surface area contributed by atoms with E-state index < -0.39 is 0 Å². The molecule has 0 aliphatic heterocycles. The Morgan fingerprint density at radius 1 is 0.625 bits per heavy atom. The lowest BCUT2D eigenvalue weighted by molar-refractivity contribution is 0.546. The first-order valence-corrected chi connectivity index (χ1v) is 7.27. The highest BCUT2D eigenvalue weighted by atomic mass is 14.9. The molecule has 0 amide bonds. The van der Waals surface area contributed by atoms with Gasteiger partial charge in [0.2, 0.25) is 0 Å². The van der Waals surface area contributed by atoms with Crippen LogP contribution in [0.15, 0.2) is 0 Å². The third kappa shape index (κ3) is 13.9. The van der Waals surface area contributed by atoms with Crippen molar-refractivity contribution in [3.63, 3.8) is 0 Å². The summed E-state index contributed by atoms with van der Waals surface area (Å²) in [6.07, 6.45) is 12.8. The van der Waals surface area contributed by atoms with Crippen molar-refractivity contribution < 1.29 is 0 Å². The second-order valence-corrected chi connectivity index (χ2v) is 4.68. The van der Waals surface area contributed by atoms with Crippen LogP contribution in [0.3, 0.4) is 0 Å². The smallest absolute Gasteiger partial charge is 0.00766 e. The predicted molar refractivity (Wildman–Crippen MR) is 74.0 cm³/mol. The number of unbranched alkanes of at least 4 members (excludes halogenated alkanes) is 8. The summed E-state index contributed by atoms with van der Waals surface area (Å²) in [6, 6.07) is 0. The van der Waals surface area contributed by atoms with Crippen LogP contribution in [-0.2, 0) is 0 Å². The quantitative estimate of drug-likeness (QED) is 0.473. The van der Waals surface area contributed by atoms with E-state index in [9.17, 15) is 0 Å². The predicted octanol–water partition coefficient (Wildman–Crippen LogP) is 3.33. The minimum atomic E-state index is 1.08. The largest absolute Gasteiger partial charge is 0.318 e. The van der Waals surface area contributed by atoms with Gasteiger partial charge in [0.15, 0.2) is 0 Å². The van der Waals surface area contributed by atoms with Crippen LogP contribution in [0.2, 0.25) is 0 Å². The van der Waals surface area contributed by atoms with E-state index in [-0.39, 0.29) is 0 Å². The van der Waals surface area contributed by atoms with Crippen LogP contribution in [0, 0.1) is 0 Å². The van der Waals surface area contributed by atoms with Gasteiger partial charge < -0.3 is 10.6 Å². The van der Waals surface area contributed by atoms with Gasteiger partial charge in [-0.25, -0.2) is 0 Å². The number of likely N-dealkylation sites (N-methyl/N-ethyl adjacent to an activating group) is 1. The van der Waals surface area contributed by atoms with Crippen molar-refractivity contribution in [1.29, 1.82) is 0 Å². The molecule has 0 radical (unpaired) electrons. The molecule has 16 heavy (non-hydrogen) atoms. The van der Waals surface area contributed by atoms with Crippen LogP contribution in [0.4, 0.5) is 0 Å². The normalized spacial score (nSPS) is 10.9. The molecule has 0 aliphatic rings. The number of hydrogen-bond acceptors (Lipinski definition) is 2. The second-order valence-electron chi connectivity index (χ2n) is 4.68. The van der Waals surface area contributed by atoms with Gasteiger partial charge >= 0.3 is 0 Å². The molecule has 2 N–H and O–H groups in total. The van der Waals surface area contributed by atoms with Crippen LogP contribution in [0.1, 0.15) is 64.7 Å². The molecule has 0 aromatic carbocycles. The van der Waals surface area contributed by atoms with Crippen molar-refractivity contribution in [3.8, 4) is 0 Å². The minimum absolute atomic E-state index is 1.08. The number of nitrogens with one attached hydrogen (secondary N) is 2. The van der Waals surface area contributed by atoms with Crippen LogP contribution in [-0.4, -0.2) is 26.7 Å². The summed E-state index contributed by atoms with van der Waals surface area (Å²) >= 11 is 0. The van der Waals surface area contributed by atoms with Crippen LogP contribution >= 0.6 is 0 Å². The summed E-state index contributed by atoms with van der Waals surface area (Å²) in [4.78, 5) is 0. The van der Waals surface area contributed by atoms with Crippen LogP contribution < -0.4 is 10.6 Å². The van der Waals surface area contributed by atoms with Gasteiger partial charge in [0, 0.05) is 13.1 Å². The van der Waals surface area contributed by atoms with E-state index in [0.717, 1.165) is 13.1 Å². The molecule has 0 fully saturated rings. The van der Waals surface area contributed by atoms with Crippen molar-refractivity contribution in [1.82, 2.24) is 10.6 Å². The molecular formula is C14H32N2. The third-order valence-corrected chi connectivity index (χ3v) is 3.01. The maximum Gasteiger partial charge on any atom is 0.00766 e. The van der Waals surface area contributed by atoms with Crippen LogP contribution in [0.25, 0.3) is 0 Å². The summed E-state index contributed by atoms with van der Waals surface area (Å²) in [6.45, 7) is 5.66. The molecule has 0 heterocycles. The molecule has 2 heteroatoms. The highest BCUT2D eigenvalue weighted by molar-refractivity contribution is 4.51. The fraction of sp³-hybridized carbons (Fsp3) is 1.00. The summed E-state index contributed by atoms with van der Waals surface area (Å²) in [5, 5.41) is 6.58. The van der Waals surface area contributed by atoms with E-state index in [1.54, 1.807) is 0 Å². The van der Waals surface area contributed by atoms with E-state index >= 15 is 0 Å². The van der Waals surface area contributed by atoms with Crippen molar-refractivity contribution in [2.45, 2.75) is 64.7 Å². The van der Waals surface area contributed by atoms with E-state index in [4.69, 9.17) is 0 Å². The average Bonchev–Trinajstić information content (AvgIpc) is 2.31. The second kappa shape index (κ2) is 14.9. The lowest BCUT2D eigenvalue weighted by atomic mass is 10.1. The summed E-state index contributed by atoms with van der Waals surface area (Å²) in [5.74, 6) is 0. The van der Waals surface area contributed by atoms with Crippen molar-refractivity contribution in [2.24, 2.45) is 0 Å². The molecule has 0 spiro atoms. The molecule has 0 saturated carbocycles. The van der Waals surface area contributed by atoms with E-state index in [1.807, 2.05) is 7.05 Å².